The van der Waals surface area contributed by atoms with Gasteiger partial charge in [-0.3, -0.25) is 4.79 Å². The maximum Gasteiger partial charge on any atom is 0.160 e. The average molecular weight is 397 g/mol. The molecule has 0 bridgehead atoms. The standard InChI is InChI=1S/C27H40O2/c1-19-7-4-5-8-21(19)10-11-22-9-6-15-26(3)23(22)12-13-25(26)27(17-18-27)16-14-24(29)20(2)28/h10-11,20,23,25,28H,1,4-9,12-18H2,2-3H3/b21-10-,22-11+/t20?,23?,25?,26-/m0/s1. The second kappa shape index (κ2) is 8.17. The largest absolute Gasteiger partial charge is 0.386 e. The number of hydrogen-bond acceptors (Lipinski definition) is 2. The highest BCUT2D eigenvalue weighted by Crippen LogP contribution is 2.70. The molecule has 4 fully saturated rings. The van der Waals surface area contributed by atoms with Crippen molar-refractivity contribution in [3.05, 3.63) is 35.5 Å². The van der Waals surface area contributed by atoms with Crippen molar-refractivity contribution in [2.24, 2.45) is 22.7 Å². The highest BCUT2D eigenvalue weighted by molar-refractivity contribution is 5.82. The SMILES string of the molecule is C=C1CCCC/C1=C/C=C1\CCC[C@@]2(C)C1CCC2C1(CCC(=O)C(C)O)CC1. The van der Waals surface area contributed by atoms with E-state index in [4.69, 9.17) is 0 Å². The second-order valence-electron chi connectivity index (χ2n) is 10.8. The number of carbonyl (C=O) groups is 1. The molecule has 0 radical (unpaired) electrons. The van der Waals surface area contributed by atoms with Crippen molar-refractivity contribution in [3.63, 3.8) is 0 Å². The predicted molar refractivity (Wildman–Crippen MR) is 120 cm³/mol. The van der Waals surface area contributed by atoms with Crippen molar-refractivity contribution in [1.82, 2.24) is 0 Å². The molecule has 4 aliphatic carbocycles. The third-order valence-corrected chi connectivity index (χ3v) is 9.06. The molecule has 2 nitrogen and oxygen atoms in total. The zero-order valence-electron chi connectivity index (χ0n) is 18.6. The molecule has 2 heteroatoms. The number of rotatable bonds is 6. The van der Waals surface area contributed by atoms with Gasteiger partial charge in [-0.1, -0.05) is 36.8 Å². The molecule has 4 rings (SSSR count). The van der Waals surface area contributed by atoms with E-state index in [0.29, 0.717) is 17.3 Å². The van der Waals surface area contributed by atoms with Crippen molar-refractivity contribution in [3.8, 4) is 0 Å². The van der Waals surface area contributed by atoms with E-state index in [9.17, 15) is 9.90 Å². The Morgan fingerprint density at radius 3 is 2.59 bits per heavy atom. The van der Waals surface area contributed by atoms with E-state index in [0.717, 1.165) is 18.3 Å². The van der Waals surface area contributed by atoms with Crippen molar-refractivity contribution in [1.29, 1.82) is 0 Å². The van der Waals surface area contributed by atoms with Crippen LogP contribution >= 0.6 is 0 Å². The molecule has 0 spiro atoms. The summed E-state index contributed by atoms with van der Waals surface area (Å²) in [4.78, 5) is 12.0. The fourth-order valence-electron chi connectivity index (χ4n) is 7.16. The molecular formula is C27H40O2. The maximum atomic E-state index is 12.0. The topological polar surface area (TPSA) is 37.3 Å². The van der Waals surface area contributed by atoms with Gasteiger partial charge in [0.1, 0.15) is 6.10 Å². The van der Waals surface area contributed by atoms with Crippen LogP contribution in [0.3, 0.4) is 0 Å². The van der Waals surface area contributed by atoms with Crippen LogP contribution in [0.15, 0.2) is 35.5 Å². The van der Waals surface area contributed by atoms with Crippen molar-refractivity contribution >= 4 is 5.78 Å². The fraction of sp³-hybridized carbons (Fsp3) is 0.741. The summed E-state index contributed by atoms with van der Waals surface area (Å²) < 4.78 is 0. The zero-order valence-corrected chi connectivity index (χ0v) is 18.6. The number of carbonyl (C=O) groups excluding carboxylic acids is 1. The Bertz CT molecular complexity index is 721. The van der Waals surface area contributed by atoms with Gasteiger partial charge < -0.3 is 5.11 Å². The molecule has 0 aromatic rings. The second-order valence-corrected chi connectivity index (χ2v) is 10.8. The van der Waals surface area contributed by atoms with E-state index in [2.05, 4.69) is 25.7 Å². The molecule has 4 atom stereocenters. The molecule has 0 saturated heterocycles. The minimum absolute atomic E-state index is 0.0274. The van der Waals surface area contributed by atoms with Gasteiger partial charge in [0.05, 0.1) is 0 Å². The van der Waals surface area contributed by atoms with Gasteiger partial charge in [0.2, 0.25) is 0 Å². The lowest BCUT2D eigenvalue weighted by Crippen LogP contribution is -2.37. The smallest absolute Gasteiger partial charge is 0.160 e. The number of aliphatic hydroxyl groups is 1. The Labute approximate surface area is 177 Å². The summed E-state index contributed by atoms with van der Waals surface area (Å²) >= 11 is 0. The summed E-state index contributed by atoms with van der Waals surface area (Å²) in [6.45, 7) is 8.47. The van der Waals surface area contributed by atoms with Crippen LogP contribution in [0.1, 0.15) is 97.3 Å². The van der Waals surface area contributed by atoms with Gasteiger partial charge in [0.15, 0.2) is 5.78 Å². The van der Waals surface area contributed by atoms with Gasteiger partial charge in [-0.2, -0.15) is 0 Å². The third-order valence-electron chi connectivity index (χ3n) is 9.06. The fourth-order valence-corrected chi connectivity index (χ4v) is 7.16. The molecule has 1 N–H and O–H groups in total. The van der Waals surface area contributed by atoms with Gasteiger partial charge >= 0.3 is 0 Å². The molecular weight excluding hydrogens is 356 g/mol. The normalized spacial score (nSPS) is 37.6. The van der Waals surface area contributed by atoms with E-state index in [1.54, 1.807) is 12.5 Å². The molecule has 160 valence electrons. The highest BCUT2D eigenvalue weighted by atomic mass is 16.3. The van der Waals surface area contributed by atoms with Crippen LogP contribution in [0.25, 0.3) is 0 Å². The molecule has 4 aliphatic rings. The average Bonchev–Trinajstić information content (AvgIpc) is 3.39. The number of aliphatic hydroxyl groups excluding tert-OH is 1. The number of ketones is 1. The monoisotopic (exact) mass is 396 g/mol. The van der Waals surface area contributed by atoms with Gasteiger partial charge in [-0.15, -0.1) is 0 Å². The molecule has 29 heavy (non-hydrogen) atoms. The lowest BCUT2D eigenvalue weighted by molar-refractivity contribution is -0.126. The quantitative estimate of drug-likeness (QED) is 0.542. The lowest BCUT2D eigenvalue weighted by atomic mass is 9.59. The molecule has 0 amide bonds. The predicted octanol–water partition coefficient (Wildman–Crippen LogP) is 6.70. The van der Waals surface area contributed by atoms with Crippen molar-refractivity contribution in [2.45, 2.75) is 103 Å². The lowest BCUT2D eigenvalue weighted by Gasteiger charge is -2.45. The van der Waals surface area contributed by atoms with Gasteiger partial charge in [-0.05, 0) is 112 Å². The summed E-state index contributed by atoms with van der Waals surface area (Å²) in [7, 11) is 0. The summed E-state index contributed by atoms with van der Waals surface area (Å²) in [5, 5.41) is 9.59. The van der Waals surface area contributed by atoms with E-state index >= 15 is 0 Å². The highest BCUT2D eigenvalue weighted by Gasteiger charge is 2.60. The van der Waals surface area contributed by atoms with Gasteiger partial charge in [-0.25, -0.2) is 0 Å². The van der Waals surface area contributed by atoms with Crippen LogP contribution in [-0.2, 0) is 4.79 Å². The molecule has 4 saturated carbocycles. The van der Waals surface area contributed by atoms with Crippen LogP contribution in [0, 0.1) is 22.7 Å². The molecule has 0 aliphatic heterocycles. The summed E-state index contributed by atoms with van der Waals surface area (Å²) in [5.41, 5.74) is 5.31. The molecule has 3 unspecified atom stereocenters. The summed E-state index contributed by atoms with van der Waals surface area (Å²) in [5.74, 6) is 1.50. The first kappa shape index (κ1) is 21.1. The minimum Gasteiger partial charge on any atom is -0.386 e. The van der Waals surface area contributed by atoms with Gasteiger partial charge in [0.25, 0.3) is 0 Å². The Morgan fingerprint density at radius 1 is 1.14 bits per heavy atom. The van der Waals surface area contributed by atoms with Crippen molar-refractivity contribution < 1.29 is 9.90 Å². The van der Waals surface area contributed by atoms with Gasteiger partial charge in [0, 0.05) is 6.42 Å². The van der Waals surface area contributed by atoms with E-state index < -0.39 is 6.10 Å². The Morgan fingerprint density at radius 2 is 1.90 bits per heavy atom. The minimum atomic E-state index is -0.801. The number of allylic oxidation sites excluding steroid dienone is 5. The number of hydrogen-bond donors (Lipinski definition) is 1. The number of Topliss-reactive ketones (excluding diaryl/α,β-unsaturated/α-hetero) is 1. The van der Waals surface area contributed by atoms with Crippen LogP contribution in [0.2, 0.25) is 0 Å². The van der Waals surface area contributed by atoms with E-state index in [1.807, 2.05) is 0 Å². The molecule has 0 aromatic carbocycles. The van der Waals surface area contributed by atoms with Crippen LogP contribution < -0.4 is 0 Å². The summed E-state index contributed by atoms with van der Waals surface area (Å²) in [6.07, 6.45) is 19.8. The van der Waals surface area contributed by atoms with Crippen molar-refractivity contribution in [2.75, 3.05) is 0 Å². The Hall–Kier alpha value is -1.15. The Kier molecular flexibility index (Phi) is 5.95. The maximum absolute atomic E-state index is 12.0. The van der Waals surface area contributed by atoms with E-state index in [-0.39, 0.29) is 5.78 Å². The van der Waals surface area contributed by atoms with E-state index in [1.165, 1.54) is 81.8 Å². The summed E-state index contributed by atoms with van der Waals surface area (Å²) in [6, 6.07) is 0. The first-order valence-electron chi connectivity index (χ1n) is 12.1. The van der Waals surface area contributed by atoms with Crippen LogP contribution in [0.5, 0.6) is 0 Å². The number of fused-ring (bicyclic) bond motifs is 1. The molecule has 0 heterocycles. The Balaban J connectivity index is 1.49. The third kappa shape index (κ3) is 4.07. The van der Waals surface area contributed by atoms with Crippen LogP contribution in [-0.4, -0.2) is 17.0 Å². The van der Waals surface area contributed by atoms with Crippen LogP contribution in [0.4, 0.5) is 0 Å². The first-order valence-corrected chi connectivity index (χ1v) is 12.1. The molecule has 0 aromatic heterocycles. The zero-order chi connectivity index (χ0) is 20.6. The first-order chi connectivity index (χ1) is 13.9.